The summed E-state index contributed by atoms with van der Waals surface area (Å²) in [5.41, 5.74) is 0.395. The highest BCUT2D eigenvalue weighted by Crippen LogP contribution is 2.56. The summed E-state index contributed by atoms with van der Waals surface area (Å²) in [4.78, 5) is 19.6. The summed E-state index contributed by atoms with van der Waals surface area (Å²) in [6.07, 6.45) is 11.9. The maximum absolute atomic E-state index is 13.0. The molecule has 6 heteroatoms. The molecule has 1 aromatic rings. The lowest BCUT2D eigenvalue weighted by molar-refractivity contribution is -0.135. The van der Waals surface area contributed by atoms with E-state index in [2.05, 4.69) is 15.2 Å². The van der Waals surface area contributed by atoms with Gasteiger partial charge in [-0.3, -0.25) is 4.79 Å². The molecule has 1 aromatic heterocycles. The molecule has 1 N–H and O–H groups in total. The summed E-state index contributed by atoms with van der Waals surface area (Å²) in [7, 11) is 2.02. The van der Waals surface area contributed by atoms with Gasteiger partial charge in [0.1, 0.15) is 5.82 Å². The molecule has 0 aromatic carbocycles. The Morgan fingerprint density at radius 1 is 1.42 bits per heavy atom. The fourth-order valence-electron chi connectivity index (χ4n) is 4.36. The number of nitrogens with one attached hydrogen (secondary N) is 1. The molecule has 2 aliphatic carbocycles. The standard InChI is InChI=1S/C18H28N4O.ClH/c1-21-10-9-20-16(21)13-22(17(23)11-14-3-2-4-14)15-12-18(15)5-7-19-8-6-18;/h9-10,14-15,19H,2-8,11-13H2,1H3;1H. The first-order valence-electron chi connectivity index (χ1n) is 9.14. The van der Waals surface area contributed by atoms with Gasteiger partial charge in [0.15, 0.2) is 0 Å². The number of piperidine rings is 1. The Morgan fingerprint density at radius 2 is 2.17 bits per heavy atom. The van der Waals surface area contributed by atoms with Gasteiger partial charge in [0.2, 0.25) is 5.91 Å². The van der Waals surface area contributed by atoms with E-state index in [1.165, 1.54) is 38.5 Å². The van der Waals surface area contributed by atoms with E-state index >= 15 is 0 Å². The van der Waals surface area contributed by atoms with Gasteiger partial charge in [-0.05, 0) is 56.5 Å². The Hall–Kier alpha value is -1.07. The van der Waals surface area contributed by atoms with E-state index in [0.717, 1.165) is 25.3 Å². The van der Waals surface area contributed by atoms with Crippen LogP contribution >= 0.6 is 12.4 Å². The molecule has 1 atom stereocenters. The van der Waals surface area contributed by atoms with E-state index in [1.54, 1.807) is 0 Å². The zero-order valence-corrected chi connectivity index (χ0v) is 15.4. The van der Waals surface area contributed by atoms with Crippen molar-refractivity contribution in [3.63, 3.8) is 0 Å². The van der Waals surface area contributed by atoms with Gasteiger partial charge in [-0.15, -0.1) is 12.4 Å². The lowest BCUT2D eigenvalue weighted by atomic mass is 9.82. The van der Waals surface area contributed by atoms with Crippen LogP contribution in [0.3, 0.4) is 0 Å². The van der Waals surface area contributed by atoms with Gasteiger partial charge >= 0.3 is 0 Å². The fraction of sp³-hybridized carbons (Fsp3) is 0.778. The number of nitrogens with zero attached hydrogens (tertiary/aromatic N) is 3. The summed E-state index contributed by atoms with van der Waals surface area (Å²) in [6, 6.07) is 0.439. The van der Waals surface area contributed by atoms with Gasteiger partial charge < -0.3 is 14.8 Å². The quantitative estimate of drug-likeness (QED) is 0.885. The minimum Gasteiger partial charge on any atom is -0.337 e. The highest BCUT2D eigenvalue weighted by atomic mass is 35.5. The number of aromatic nitrogens is 2. The van der Waals surface area contributed by atoms with E-state index in [1.807, 2.05) is 24.0 Å². The first-order chi connectivity index (χ1) is 11.2. The van der Waals surface area contributed by atoms with Gasteiger partial charge in [0.25, 0.3) is 0 Å². The predicted octanol–water partition coefficient (Wildman–Crippen LogP) is 2.50. The molecule has 24 heavy (non-hydrogen) atoms. The van der Waals surface area contributed by atoms with Crippen molar-refractivity contribution in [3.8, 4) is 0 Å². The smallest absolute Gasteiger partial charge is 0.223 e. The summed E-state index contributed by atoms with van der Waals surface area (Å²) < 4.78 is 2.04. The molecule has 1 amide bonds. The van der Waals surface area contributed by atoms with Crippen LogP contribution in [0.2, 0.25) is 0 Å². The van der Waals surface area contributed by atoms with Crippen molar-refractivity contribution in [2.24, 2.45) is 18.4 Å². The Balaban J connectivity index is 0.00000169. The Kier molecular flexibility index (Phi) is 5.21. The van der Waals surface area contributed by atoms with Crippen molar-refractivity contribution < 1.29 is 4.79 Å². The zero-order valence-electron chi connectivity index (χ0n) is 14.5. The Bertz CT molecular complexity index is 577. The number of aryl methyl sites for hydroxylation is 1. The molecule has 134 valence electrons. The lowest BCUT2D eigenvalue weighted by Crippen LogP contribution is -2.40. The number of halogens is 1. The molecule has 3 aliphatic rings. The molecule has 0 radical (unpaired) electrons. The van der Waals surface area contributed by atoms with E-state index in [4.69, 9.17) is 0 Å². The minimum atomic E-state index is 0. The number of carbonyl (C=O) groups is 1. The second-order valence-electron chi connectivity index (χ2n) is 7.81. The molecule has 1 spiro atoms. The SMILES string of the molecule is Cl.Cn1ccnc1CN(C(=O)CC1CCC1)C1CC12CCNCC2. The van der Waals surface area contributed by atoms with E-state index in [0.29, 0.717) is 29.8 Å². The van der Waals surface area contributed by atoms with Crippen molar-refractivity contribution >= 4 is 18.3 Å². The fourth-order valence-corrected chi connectivity index (χ4v) is 4.36. The first-order valence-corrected chi connectivity index (χ1v) is 9.14. The maximum atomic E-state index is 13.0. The molecule has 2 heterocycles. The molecule has 0 bridgehead atoms. The highest BCUT2D eigenvalue weighted by molar-refractivity contribution is 5.85. The van der Waals surface area contributed by atoms with Crippen LogP contribution in [-0.2, 0) is 18.4 Å². The van der Waals surface area contributed by atoms with Crippen LogP contribution in [0.5, 0.6) is 0 Å². The van der Waals surface area contributed by atoms with Crippen molar-refractivity contribution in [1.82, 2.24) is 19.8 Å². The number of hydrogen-bond donors (Lipinski definition) is 1. The summed E-state index contributed by atoms with van der Waals surface area (Å²) in [5.74, 6) is 2.00. The molecule has 4 rings (SSSR count). The number of carbonyl (C=O) groups excluding carboxylic acids is 1. The van der Waals surface area contributed by atoms with Crippen molar-refractivity contribution in [2.75, 3.05) is 13.1 Å². The highest BCUT2D eigenvalue weighted by Gasteiger charge is 2.57. The van der Waals surface area contributed by atoms with E-state index in [9.17, 15) is 4.79 Å². The number of imidazole rings is 1. The largest absolute Gasteiger partial charge is 0.337 e. The van der Waals surface area contributed by atoms with Gasteiger partial charge in [-0.1, -0.05) is 6.42 Å². The zero-order chi connectivity index (χ0) is 15.9. The second kappa shape index (κ2) is 7.04. The topological polar surface area (TPSA) is 50.2 Å². The normalized spacial score (nSPS) is 25.0. The third-order valence-electron chi connectivity index (χ3n) is 6.36. The molecular weight excluding hydrogens is 324 g/mol. The summed E-state index contributed by atoms with van der Waals surface area (Å²) in [5, 5.41) is 3.45. The van der Waals surface area contributed by atoms with Gasteiger partial charge in [0.05, 0.1) is 6.54 Å². The third kappa shape index (κ3) is 3.33. The van der Waals surface area contributed by atoms with Crippen LogP contribution in [0.15, 0.2) is 12.4 Å². The van der Waals surface area contributed by atoms with E-state index < -0.39 is 0 Å². The van der Waals surface area contributed by atoms with Crippen molar-refractivity contribution in [3.05, 3.63) is 18.2 Å². The lowest BCUT2D eigenvalue weighted by Gasteiger charge is -2.32. The average Bonchev–Trinajstić information content (AvgIpc) is 3.02. The number of amides is 1. The predicted molar refractivity (Wildman–Crippen MR) is 95.9 cm³/mol. The van der Waals surface area contributed by atoms with Gasteiger partial charge in [0, 0.05) is 31.9 Å². The van der Waals surface area contributed by atoms with Crippen molar-refractivity contribution in [2.45, 2.75) is 57.5 Å². The molecule has 1 aliphatic heterocycles. The summed E-state index contributed by atoms with van der Waals surface area (Å²) in [6.45, 7) is 2.88. The maximum Gasteiger partial charge on any atom is 0.223 e. The van der Waals surface area contributed by atoms with Crippen LogP contribution in [-0.4, -0.2) is 39.5 Å². The first kappa shape index (κ1) is 17.7. The van der Waals surface area contributed by atoms with Gasteiger partial charge in [-0.2, -0.15) is 0 Å². The Morgan fingerprint density at radius 3 is 2.75 bits per heavy atom. The van der Waals surface area contributed by atoms with Crippen LogP contribution in [0.25, 0.3) is 0 Å². The Labute approximate surface area is 150 Å². The van der Waals surface area contributed by atoms with Crippen LogP contribution in [0.1, 0.15) is 50.8 Å². The van der Waals surface area contributed by atoms with E-state index in [-0.39, 0.29) is 12.4 Å². The van der Waals surface area contributed by atoms with Crippen LogP contribution < -0.4 is 5.32 Å². The number of rotatable bonds is 5. The molecule has 5 nitrogen and oxygen atoms in total. The molecule has 2 saturated carbocycles. The molecule has 1 unspecified atom stereocenters. The number of hydrogen-bond acceptors (Lipinski definition) is 3. The minimum absolute atomic E-state index is 0. The van der Waals surface area contributed by atoms with Crippen molar-refractivity contribution in [1.29, 1.82) is 0 Å². The second-order valence-corrected chi connectivity index (χ2v) is 7.81. The van der Waals surface area contributed by atoms with Crippen LogP contribution in [0, 0.1) is 11.3 Å². The molecule has 1 saturated heterocycles. The molecular formula is C18H29ClN4O. The molecule has 3 fully saturated rings. The third-order valence-corrected chi connectivity index (χ3v) is 6.36. The summed E-state index contributed by atoms with van der Waals surface area (Å²) >= 11 is 0. The van der Waals surface area contributed by atoms with Gasteiger partial charge in [-0.25, -0.2) is 4.98 Å². The monoisotopic (exact) mass is 352 g/mol. The van der Waals surface area contributed by atoms with Crippen LogP contribution in [0.4, 0.5) is 0 Å². The average molecular weight is 353 g/mol.